The van der Waals surface area contributed by atoms with Gasteiger partial charge in [-0.1, -0.05) is 45.2 Å². The van der Waals surface area contributed by atoms with Gasteiger partial charge >= 0.3 is 5.97 Å². The number of rotatable bonds is 9. The monoisotopic (exact) mass is 277 g/mol. The molecule has 0 spiro atoms. The van der Waals surface area contributed by atoms with E-state index in [4.69, 9.17) is 4.74 Å². The fourth-order valence-corrected chi connectivity index (χ4v) is 2.29. The van der Waals surface area contributed by atoms with Crippen LogP contribution in [0.3, 0.4) is 0 Å². The van der Waals surface area contributed by atoms with E-state index in [1.165, 1.54) is 44.8 Å². The van der Waals surface area contributed by atoms with E-state index in [1.807, 2.05) is 24.3 Å². The summed E-state index contributed by atoms with van der Waals surface area (Å²) in [5, 5.41) is 3.62. The van der Waals surface area contributed by atoms with Crippen molar-refractivity contribution in [1.29, 1.82) is 0 Å². The SMILES string of the molecule is CCCCC(CCC)NCc1ccc(C(=O)OC)cc1. The van der Waals surface area contributed by atoms with Crippen molar-refractivity contribution in [1.82, 2.24) is 5.32 Å². The van der Waals surface area contributed by atoms with Gasteiger partial charge in [-0.2, -0.15) is 0 Å². The summed E-state index contributed by atoms with van der Waals surface area (Å²) in [6.45, 7) is 5.32. The van der Waals surface area contributed by atoms with Crippen molar-refractivity contribution in [3.63, 3.8) is 0 Å². The normalized spacial score (nSPS) is 12.2. The standard InChI is InChI=1S/C17H27NO2/c1-4-6-8-16(7-5-2)18-13-14-9-11-15(12-10-14)17(19)20-3/h9-12,16,18H,4-8,13H2,1-3H3. The average Bonchev–Trinajstić information content (AvgIpc) is 2.49. The topological polar surface area (TPSA) is 38.3 Å². The Morgan fingerprint density at radius 1 is 1.15 bits per heavy atom. The molecule has 1 rings (SSSR count). The summed E-state index contributed by atoms with van der Waals surface area (Å²) in [6, 6.07) is 8.22. The second-order valence-electron chi connectivity index (χ2n) is 5.20. The van der Waals surface area contributed by atoms with Crippen LogP contribution in [0.25, 0.3) is 0 Å². The molecule has 1 aromatic carbocycles. The highest BCUT2D eigenvalue weighted by Crippen LogP contribution is 2.10. The maximum absolute atomic E-state index is 11.4. The van der Waals surface area contributed by atoms with Gasteiger partial charge in [0, 0.05) is 12.6 Å². The van der Waals surface area contributed by atoms with E-state index in [-0.39, 0.29) is 5.97 Å². The van der Waals surface area contributed by atoms with Gasteiger partial charge in [0.25, 0.3) is 0 Å². The highest BCUT2D eigenvalue weighted by molar-refractivity contribution is 5.89. The molecule has 1 aromatic rings. The largest absolute Gasteiger partial charge is 0.465 e. The minimum Gasteiger partial charge on any atom is -0.465 e. The molecule has 0 radical (unpaired) electrons. The summed E-state index contributed by atoms with van der Waals surface area (Å²) in [5.74, 6) is -0.281. The van der Waals surface area contributed by atoms with Crippen molar-refractivity contribution in [2.75, 3.05) is 7.11 Å². The molecule has 0 aliphatic carbocycles. The summed E-state index contributed by atoms with van der Waals surface area (Å²) in [6.07, 6.45) is 6.20. The minimum absolute atomic E-state index is 0.281. The molecule has 1 N–H and O–H groups in total. The molecule has 0 fully saturated rings. The molecule has 0 aliphatic rings. The van der Waals surface area contributed by atoms with E-state index in [1.54, 1.807) is 0 Å². The van der Waals surface area contributed by atoms with Crippen molar-refractivity contribution in [2.45, 2.75) is 58.5 Å². The molecular formula is C17H27NO2. The maximum Gasteiger partial charge on any atom is 0.337 e. The van der Waals surface area contributed by atoms with Crippen LogP contribution in [0.4, 0.5) is 0 Å². The quantitative estimate of drug-likeness (QED) is 0.695. The molecule has 3 nitrogen and oxygen atoms in total. The van der Waals surface area contributed by atoms with Crippen LogP contribution in [-0.4, -0.2) is 19.1 Å². The lowest BCUT2D eigenvalue weighted by atomic mass is 10.0. The summed E-state index contributed by atoms with van der Waals surface area (Å²) in [4.78, 5) is 11.4. The second-order valence-corrected chi connectivity index (χ2v) is 5.20. The van der Waals surface area contributed by atoms with Gasteiger partial charge in [0.05, 0.1) is 12.7 Å². The van der Waals surface area contributed by atoms with Gasteiger partial charge in [-0.25, -0.2) is 4.79 Å². The van der Waals surface area contributed by atoms with Gasteiger partial charge in [-0.05, 0) is 30.5 Å². The second kappa shape index (κ2) is 9.54. The van der Waals surface area contributed by atoms with Gasteiger partial charge in [-0.15, -0.1) is 0 Å². The van der Waals surface area contributed by atoms with E-state index in [9.17, 15) is 4.79 Å². The first-order valence-electron chi connectivity index (χ1n) is 7.61. The number of carbonyl (C=O) groups is 1. The first-order chi connectivity index (χ1) is 9.71. The van der Waals surface area contributed by atoms with E-state index in [2.05, 4.69) is 19.2 Å². The van der Waals surface area contributed by atoms with Crippen LogP contribution in [0, 0.1) is 0 Å². The summed E-state index contributed by atoms with van der Waals surface area (Å²) in [5.41, 5.74) is 1.81. The van der Waals surface area contributed by atoms with Crippen molar-refractivity contribution >= 4 is 5.97 Å². The number of esters is 1. The Labute approximate surface area is 122 Å². The predicted octanol–water partition coefficient (Wildman–Crippen LogP) is 3.92. The smallest absolute Gasteiger partial charge is 0.337 e. The molecule has 0 saturated carbocycles. The lowest BCUT2D eigenvalue weighted by Gasteiger charge is -2.18. The molecule has 0 amide bonds. The third kappa shape index (κ3) is 5.74. The number of nitrogens with one attached hydrogen (secondary N) is 1. The Hall–Kier alpha value is -1.35. The van der Waals surface area contributed by atoms with Crippen LogP contribution >= 0.6 is 0 Å². The zero-order valence-electron chi connectivity index (χ0n) is 12.9. The lowest BCUT2D eigenvalue weighted by Crippen LogP contribution is -2.28. The molecule has 1 atom stereocenters. The van der Waals surface area contributed by atoms with E-state index >= 15 is 0 Å². The lowest BCUT2D eigenvalue weighted by molar-refractivity contribution is 0.0600. The predicted molar refractivity (Wildman–Crippen MR) is 82.8 cm³/mol. The van der Waals surface area contributed by atoms with Gasteiger partial charge in [-0.3, -0.25) is 0 Å². The number of hydrogen-bond donors (Lipinski definition) is 1. The zero-order chi connectivity index (χ0) is 14.8. The van der Waals surface area contributed by atoms with Crippen molar-refractivity contribution < 1.29 is 9.53 Å². The van der Waals surface area contributed by atoms with Gasteiger partial charge in [0.15, 0.2) is 0 Å². The third-order valence-electron chi connectivity index (χ3n) is 3.51. The fourth-order valence-electron chi connectivity index (χ4n) is 2.29. The summed E-state index contributed by atoms with van der Waals surface area (Å²) in [7, 11) is 1.40. The van der Waals surface area contributed by atoms with Crippen molar-refractivity contribution in [2.24, 2.45) is 0 Å². The van der Waals surface area contributed by atoms with Crippen molar-refractivity contribution in [3.8, 4) is 0 Å². The molecule has 112 valence electrons. The molecule has 0 bridgehead atoms. The summed E-state index contributed by atoms with van der Waals surface area (Å²) >= 11 is 0. The molecule has 20 heavy (non-hydrogen) atoms. The number of hydrogen-bond acceptors (Lipinski definition) is 3. The number of methoxy groups -OCH3 is 1. The van der Waals surface area contributed by atoms with Crippen LogP contribution in [-0.2, 0) is 11.3 Å². The molecule has 1 unspecified atom stereocenters. The van der Waals surface area contributed by atoms with Crippen LogP contribution in [0.15, 0.2) is 24.3 Å². The van der Waals surface area contributed by atoms with Gasteiger partial charge in [0.1, 0.15) is 0 Å². The molecule has 0 heterocycles. The molecule has 0 saturated heterocycles. The van der Waals surface area contributed by atoms with E-state index < -0.39 is 0 Å². The number of unbranched alkanes of at least 4 members (excludes halogenated alkanes) is 1. The third-order valence-corrected chi connectivity index (χ3v) is 3.51. The highest BCUT2D eigenvalue weighted by atomic mass is 16.5. The van der Waals surface area contributed by atoms with Crippen LogP contribution in [0.2, 0.25) is 0 Å². The highest BCUT2D eigenvalue weighted by Gasteiger charge is 2.07. The molecular weight excluding hydrogens is 250 g/mol. The Balaban J connectivity index is 2.48. The maximum atomic E-state index is 11.4. The number of ether oxygens (including phenoxy) is 1. The summed E-state index contributed by atoms with van der Waals surface area (Å²) < 4.78 is 4.70. The minimum atomic E-state index is -0.281. The molecule has 3 heteroatoms. The van der Waals surface area contributed by atoms with Gasteiger partial charge < -0.3 is 10.1 Å². The molecule has 0 aliphatic heterocycles. The Morgan fingerprint density at radius 3 is 2.40 bits per heavy atom. The first kappa shape index (κ1) is 16.7. The van der Waals surface area contributed by atoms with Gasteiger partial charge in [0.2, 0.25) is 0 Å². The number of carbonyl (C=O) groups excluding carboxylic acids is 1. The van der Waals surface area contributed by atoms with Crippen LogP contribution in [0.1, 0.15) is 61.9 Å². The number of benzene rings is 1. The van der Waals surface area contributed by atoms with Crippen LogP contribution in [0.5, 0.6) is 0 Å². The van der Waals surface area contributed by atoms with Crippen molar-refractivity contribution in [3.05, 3.63) is 35.4 Å². The molecule has 0 aromatic heterocycles. The van der Waals surface area contributed by atoms with E-state index in [0.717, 1.165) is 6.54 Å². The Kier molecular flexibility index (Phi) is 7.97. The fraction of sp³-hybridized carbons (Fsp3) is 0.588. The first-order valence-corrected chi connectivity index (χ1v) is 7.61. The Bertz CT molecular complexity index is 386. The zero-order valence-corrected chi connectivity index (χ0v) is 12.9. The Morgan fingerprint density at radius 2 is 1.85 bits per heavy atom. The van der Waals surface area contributed by atoms with E-state index in [0.29, 0.717) is 11.6 Å². The average molecular weight is 277 g/mol. The van der Waals surface area contributed by atoms with Crippen LogP contribution < -0.4 is 5.32 Å².